The highest BCUT2D eigenvalue weighted by atomic mass is 16.5. The largest absolute Gasteiger partial charge is 0.480 e. The van der Waals surface area contributed by atoms with Gasteiger partial charge in [-0.25, -0.2) is 4.79 Å². The van der Waals surface area contributed by atoms with Crippen LogP contribution in [0.4, 0.5) is 0 Å². The summed E-state index contributed by atoms with van der Waals surface area (Å²) in [5, 5.41) is 11.9. The third-order valence-electron chi connectivity index (χ3n) is 7.73. The summed E-state index contributed by atoms with van der Waals surface area (Å²) >= 11 is 0. The van der Waals surface area contributed by atoms with Crippen LogP contribution in [0.15, 0.2) is 21.3 Å². The monoisotopic (exact) mass is 425 g/mol. The second-order valence-electron chi connectivity index (χ2n) is 9.61. The van der Waals surface area contributed by atoms with Crippen LogP contribution in [0.5, 0.6) is 5.75 Å². The van der Waals surface area contributed by atoms with Crippen LogP contribution in [0.25, 0.3) is 11.0 Å². The number of benzene rings is 1. The van der Waals surface area contributed by atoms with E-state index in [1.54, 1.807) is 6.92 Å². The maximum absolute atomic E-state index is 13.1. The Balaban J connectivity index is 1.35. The Morgan fingerprint density at radius 3 is 2.87 bits per heavy atom. The van der Waals surface area contributed by atoms with Gasteiger partial charge in [-0.2, -0.15) is 0 Å². The van der Waals surface area contributed by atoms with E-state index in [0.29, 0.717) is 30.8 Å². The fourth-order valence-corrected chi connectivity index (χ4v) is 5.86. The quantitative estimate of drug-likeness (QED) is 0.762. The Kier molecular flexibility index (Phi) is 5.08. The van der Waals surface area contributed by atoms with Crippen LogP contribution in [-0.2, 0) is 17.6 Å². The maximum Gasteiger partial charge on any atom is 0.339 e. The van der Waals surface area contributed by atoms with Crippen molar-refractivity contribution in [3.63, 3.8) is 0 Å². The summed E-state index contributed by atoms with van der Waals surface area (Å²) < 4.78 is 11.7. The Morgan fingerprint density at radius 2 is 2.03 bits per heavy atom. The molecule has 1 N–H and O–H groups in total. The molecule has 1 aromatic heterocycles. The Bertz CT molecular complexity index is 1090. The Hall–Kier alpha value is -2.34. The molecule has 0 bridgehead atoms. The van der Waals surface area contributed by atoms with Gasteiger partial charge in [-0.1, -0.05) is 12.8 Å². The number of aryl methyl sites for hydroxylation is 2. The SMILES string of the molecule is Cc1c(O[C@@H](C)C(=O)N2CC[C@]3(O)CCCC[C@H]3C2)ccc2c3c(c(=O)oc12)CCC3. The Labute approximate surface area is 182 Å². The molecule has 166 valence electrons. The minimum absolute atomic E-state index is 0.0532. The van der Waals surface area contributed by atoms with Gasteiger partial charge in [0, 0.05) is 35.5 Å². The van der Waals surface area contributed by atoms with Crippen molar-refractivity contribution in [2.75, 3.05) is 13.1 Å². The van der Waals surface area contributed by atoms with Crippen molar-refractivity contribution >= 4 is 16.9 Å². The molecule has 1 saturated heterocycles. The van der Waals surface area contributed by atoms with Gasteiger partial charge in [-0.3, -0.25) is 4.79 Å². The summed E-state index contributed by atoms with van der Waals surface area (Å²) in [6, 6.07) is 3.83. The van der Waals surface area contributed by atoms with Crippen molar-refractivity contribution in [1.29, 1.82) is 0 Å². The molecule has 1 aromatic carbocycles. The van der Waals surface area contributed by atoms with Gasteiger partial charge in [0.15, 0.2) is 6.10 Å². The highest BCUT2D eigenvalue weighted by Crippen LogP contribution is 2.40. The molecule has 1 aliphatic heterocycles. The second kappa shape index (κ2) is 7.66. The molecule has 2 fully saturated rings. The molecular formula is C25H31NO5. The van der Waals surface area contributed by atoms with Crippen molar-refractivity contribution in [2.24, 2.45) is 5.92 Å². The molecule has 2 aromatic rings. The number of carbonyl (C=O) groups excluding carboxylic acids is 1. The lowest BCUT2D eigenvalue weighted by Crippen LogP contribution is -2.56. The molecule has 2 heterocycles. The van der Waals surface area contributed by atoms with Crippen molar-refractivity contribution in [3.05, 3.63) is 39.2 Å². The number of nitrogens with zero attached hydrogens (tertiary/aromatic N) is 1. The number of aliphatic hydroxyl groups is 1. The van der Waals surface area contributed by atoms with Crippen LogP contribution >= 0.6 is 0 Å². The lowest BCUT2D eigenvalue weighted by molar-refractivity contribution is -0.149. The zero-order valence-corrected chi connectivity index (χ0v) is 18.4. The second-order valence-corrected chi connectivity index (χ2v) is 9.61. The lowest BCUT2D eigenvalue weighted by atomic mass is 9.71. The molecule has 2 aliphatic carbocycles. The van der Waals surface area contributed by atoms with Crippen LogP contribution in [0.2, 0.25) is 0 Å². The molecule has 0 unspecified atom stereocenters. The molecule has 6 heteroatoms. The fraction of sp³-hybridized carbons (Fsp3) is 0.600. The summed E-state index contributed by atoms with van der Waals surface area (Å²) in [5.74, 6) is 0.674. The molecule has 5 rings (SSSR count). The van der Waals surface area contributed by atoms with Crippen molar-refractivity contribution in [3.8, 4) is 5.75 Å². The average Bonchev–Trinajstić information content (AvgIpc) is 3.26. The van der Waals surface area contributed by atoms with Crippen LogP contribution < -0.4 is 10.4 Å². The molecular weight excluding hydrogens is 394 g/mol. The van der Waals surface area contributed by atoms with E-state index in [4.69, 9.17) is 9.15 Å². The lowest BCUT2D eigenvalue weighted by Gasteiger charge is -2.47. The van der Waals surface area contributed by atoms with Gasteiger partial charge in [-0.05, 0) is 70.1 Å². The fourth-order valence-electron chi connectivity index (χ4n) is 5.86. The summed E-state index contributed by atoms with van der Waals surface area (Å²) in [7, 11) is 0. The minimum atomic E-state index is -0.646. The third kappa shape index (κ3) is 3.45. The van der Waals surface area contributed by atoms with E-state index in [1.807, 2.05) is 24.0 Å². The highest BCUT2D eigenvalue weighted by Gasteiger charge is 2.44. The Morgan fingerprint density at radius 1 is 1.23 bits per heavy atom. The maximum atomic E-state index is 13.1. The summed E-state index contributed by atoms with van der Waals surface area (Å²) in [4.78, 5) is 27.3. The molecule has 0 spiro atoms. The zero-order valence-electron chi connectivity index (χ0n) is 18.4. The van der Waals surface area contributed by atoms with Gasteiger partial charge in [0.2, 0.25) is 0 Å². The number of likely N-dealkylation sites (tertiary alicyclic amines) is 1. The van der Waals surface area contributed by atoms with E-state index in [-0.39, 0.29) is 17.5 Å². The normalized spacial score (nSPS) is 26.4. The van der Waals surface area contributed by atoms with E-state index in [9.17, 15) is 14.7 Å². The van der Waals surface area contributed by atoms with Crippen molar-refractivity contribution in [2.45, 2.75) is 76.9 Å². The molecule has 1 amide bonds. The number of ether oxygens (including phenoxy) is 1. The van der Waals surface area contributed by atoms with Crippen molar-refractivity contribution < 1.29 is 19.1 Å². The standard InChI is InChI=1S/C25H31NO5/c1-15-21(10-9-19-18-7-5-8-20(18)24(28)31-22(15)19)30-16(2)23(27)26-13-12-25(29)11-4-3-6-17(25)14-26/h9-10,16-17,29H,3-8,11-14H2,1-2H3/t16-,17-,25+/m0/s1. The average molecular weight is 426 g/mol. The number of carbonyl (C=O) groups is 1. The molecule has 3 aliphatic rings. The number of rotatable bonds is 3. The van der Waals surface area contributed by atoms with Crippen molar-refractivity contribution in [1.82, 2.24) is 4.90 Å². The number of hydrogen-bond acceptors (Lipinski definition) is 5. The molecule has 1 saturated carbocycles. The summed E-state index contributed by atoms with van der Waals surface area (Å²) in [6.45, 7) is 4.81. The smallest absolute Gasteiger partial charge is 0.339 e. The first-order valence-corrected chi connectivity index (χ1v) is 11.6. The van der Waals surface area contributed by atoms with Gasteiger partial charge in [0.05, 0.1) is 5.60 Å². The van der Waals surface area contributed by atoms with Gasteiger partial charge < -0.3 is 19.2 Å². The third-order valence-corrected chi connectivity index (χ3v) is 7.73. The van der Waals surface area contributed by atoms with Crippen LogP contribution in [0, 0.1) is 12.8 Å². The van der Waals surface area contributed by atoms with E-state index in [1.165, 1.54) is 0 Å². The van der Waals surface area contributed by atoms with Gasteiger partial charge >= 0.3 is 5.63 Å². The molecule has 0 radical (unpaired) electrons. The summed E-state index contributed by atoms with van der Waals surface area (Å²) in [6.07, 6.45) is 6.66. The van der Waals surface area contributed by atoms with Gasteiger partial charge in [-0.15, -0.1) is 0 Å². The number of hydrogen-bond donors (Lipinski definition) is 1. The topological polar surface area (TPSA) is 80.0 Å². The molecule has 6 nitrogen and oxygen atoms in total. The van der Waals surface area contributed by atoms with E-state index >= 15 is 0 Å². The van der Waals surface area contributed by atoms with E-state index in [2.05, 4.69) is 0 Å². The van der Waals surface area contributed by atoms with Crippen LogP contribution in [0.1, 0.15) is 62.1 Å². The summed E-state index contributed by atoms with van der Waals surface area (Å²) in [5.41, 5.74) is 2.36. The predicted octanol–water partition coefficient (Wildman–Crippen LogP) is 3.51. The van der Waals surface area contributed by atoms with E-state index < -0.39 is 11.7 Å². The van der Waals surface area contributed by atoms with Crippen LogP contribution in [-0.4, -0.2) is 40.7 Å². The molecule has 31 heavy (non-hydrogen) atoms. The zero-order chi connectivity index (χ0) is 21.8. The predicted molar refractivity (Wildman–Crippen MR) is 117 cm³/mol. The minimum Gasteiger partial charge on any atom is -0.480 e. The van der Waals surface area contributed by atoms with Crippen LogP contribution in [0.3, 0.4) is 0 Å². The van der Waals surface area contributed by atoms with E-state index in [0.717, 1.165) is 67.0 Å². The first-order chi connectivity index (χ1) is 14.9. The number of amides is 1. The van der Waals surface area contributed by atoms with Gasteiger partial charge in [0.1, 0.15) is 11.3 Å². The van der Waals surface area contributed by atoms with Gasteiger partial charge in [0.25, 0.3) is 5.91 Å². The first kappa shape index (κ1) is 20.6. The molecule has 3 atom stereocenters. The highest BCUT2D eigenvalue weighted by molar-refractivity contribution is 5.87. The number of fused-ring (bicyclic) bond motifs is 4. The first-order valence-electron chi connectivity index (χ1n) is 11.6. The number of piperidine rings is 1.